The largest absolute Gasteiger partial charge is 0.416 e. The molecular weight excluding hydrogens is 229 g/mol. The first-order chi connectivity index (χ1) is 7.71. The highest BCUT2D eigenvalue weighted by Crippen LogP contribution is 2.34. The van der Waals surface area contributed by atoms with Crippen LogP contribution in [0.3, 0.4) is 0 Å². The Kier molecular flexibility index (Phi) is 4.03. The van der Waals surface area contributed by atoms with Crippen LogP contribution < -0.4 is 10.6 Å². The van der Waals surface area contributed by atoms with Crippen LogP contribution in [0, 0.1) is 0 Å². The summed E-state index contributed by atoms with van der Waals surface area (Å²) in [4.78, 5) is 1.64. The topological polar surface area (TPSA) is 29.3 Å². The number of nitrogens with zero attached hydrogens (tertiary/aromatic N) is 1. The average molecular weight is 246 g/mol. The molecule has 1 rings (SSSR count). The molecule has 0 bridgehead atoms. The quantitative estimate of drug-likeness (QED) is 0.888. The summed E-state index contributed by atoms with van der Waals surface area (Å²) in [6.07, 6.45) is -4.11. The summed E-state index contributed by atoms with van der Waals surface area (Å²) >= 11 is 0. The Morgan fingerprint density at radius 3 is 2.29 bits per heavy atom. The minimum absolute atomic E-state index is 0.225. The van der Waals surface area contributed by atoms with Gasteiger partial charge in [-0.05, 0) is 31.0 Å². The predicted octanol–water partition coefficient (Wildman–Crippen LogP) is 2.66. The maximum atomic E-state index is 12.9. The van der Waals surface area contributed by atoms with E-state index in [0.29, 0.717) is 5.69 Å². The molecule has 1 aromatic rings. The molecule has 0 spiro atoms. The Hall–Kier alpha value is -1.23. The molecule has 0 aromatic heterocycles. The molecule has 1 aromatic carbocycles. The third-order valence-corrected chi connectivity index (χ3v) is 2.46. The Morgan fingerprint density at radius 2 is 1.88 bits per heavy atom. The lowest BCUT2D eigenvalue weighted by Crippen LogP contribution is -2.21. The van der Waals surface area contributed by atoms with E-state index >= 15 is 0 Å². The molecule has 2 N–H and O–H groups in total. The Labute approximate surface area is 99.2 Å². The SMILES string of the molecule is CC(N)Cc1ccc(N(C)C)cc1C(F)(F)F. The van der Waals surface area contributed by atoms with Gasteiger partial charge in [-0.1, -0.05) is 6.07 Å². The van der Waals surface area contributed by atoms with Crippen molar-refractivity contribution in [1.29, 1.82) is 0 Å². The first-order valence-corrected chi connectivity index (χ1v) is 5.35. The zero-order valence-corrected chi connectivity index (χ0v) is 10.2. The summed E-state index contributed by atoms with van der Waals surface area (Å²) in [5.74, 6) is 0. The number of benzene rings is 1. The maximum absolute atomic E-state index is 12.9. The molecule has 5 heteroatoms. The fourth-order valence-electron chi connectivity index (χ4n) is 1.63. The van der Waals surface area contributed by atoms with Crippen LogP contribution in [-0.2, 0) is 12.6 Å². The molecule has 0 radical (unpaired) electrons. The molecule has 0 heterocycles. The van der Waals surface area contributed by atoms with Crippen molar-refractivity contribution in [2.45, 2.75) is 25.6 Å². The van der Waals surface area contributed by atoms with Crippen LogP contribution in [0.5, 0.6) is 0 Å². The molecule has 0 saturated carbocycles. The third kappa shape index (κ3) is 3.63. The van der Waals surface area contributed by atoms with E-state index in [-0.39, 0.29) is 18.0 Å². The van der Waals surface area contributed by atoms with Crippen LogP contribution in [0.2, 0.25) is 0 Å². The van der Waals surface area contributed by atoms with Crippen molar-refractivity contribution in [3.05, 3.63) is 29.3 Å². The second kappa shape index (κ2) is 4.96. The van der Waals surface area contributed by atoms with Crippen molar-refractivity contribution < 1.29 is 13.2 Å². The van der Waals surface area contributed by atoms with Gasteiger partial charge in [-0.2, -0.15) is 13.2 Å². The van der Waals surface area contributed by atoms with Gasteiger partial charge in [0.25, 0.3) is 0 Å². The number of nitrogens with two attached hydrogens (primary N) is 1. The highest BCUT2D eigenvalue weighted by Gasteiger charge is 2.33. The summed E-state index contributed by atoms with van der Waals surface area (Å²) in [5, 5.41) is 0. The molecule has 96 valence electrons. The minimum Gasteiger partial charge on any atom is -0.378 e. The Morgan fingerprint density at radius 1 is 1.29 bits per heavy atom. The van der Waals surface area contributed by atoms with E-state index < -0.39 is 11.7 Å². The molecular formula is C12H17F3N2. The number of anilines is 1. The van der Waals surface area contributed by atoms with Crippen LogP contribution in [-0.4, -0.2) is 20.1 Å². The van der Waals surface area contributed by atoms with Crippen molar-refractivity contribution in [2.24, 2.45) is 5.73 Å². The van der Waals surface area contributed by atoms with E-state index in [0.717, 1.165) is 6.07 Å². The van der Waals surface area contributed by atoms with E-state index in [1.807, 2.05) is 0 Å². The lowest BCUT2D eigenvalue weighted by Gasteiger charge is -2.19. The van der Waals surface area contributed by atoms with Gasteiger partial charge in [-0.15, -0.1) is 0 Å². The summed E-state index contributed by atoms with van der Waals surface area (Å²) in [6, 6.07) is 4.05. The van der Waals surface area contributed by atoms with E-state index in [4.69, 9.17) is 5.73 Å². The minimum atomic E-state index is -4.34. The third-order valence-electron chi connectivity index (χ3n) is 2.46. The zero-order chi connectivity index (χ0) is 13.2. The molecule has 0 fully saturated rings. The molecule has 0 aliphatic carbocycles. The van der Waals surface area contributed by atoms with Gasteiger partial charge in [0, 0.05) is 25.8 Å². The van der Waals surface area contributed by atoms with Gasteiger partial charge in [-0.25, -0.2) is 0 Å². The van der Waals surface area contributed by atoms with Gasteiger partial charge in [0.1, 0.15) is 0 Å². The van der Waals surface area contributed by atoms with Crippen molar-refractivity contribution in [2.75, 3.05) is 19.0 Å². The van der Waals surface area contributed by atoms with Crippen molar-refractivity contribution in [1.82, 2.24) is 0 Å². The zero-order valence-electron chi connectivity index (χ0n) is 10.2. The number of alkyl halides is 3. The number of hydrogen-bond acceptors (Lipinski definition) is 2. The van der Waals surface area contributed by atoms with E-state index in [1.54, 1.807) is 32.0 Å². The molecule has 0 aliphatic heterocycles. The van der Waals surface area contributed by atoms with Crippen LogP contribution in [0.15, 0.2) is 18.2 Å². The van der Waals surface area contributed by atoms with Gasteiger partial charge in [0.2, 0.25) is 0 Å². The Bertz CT molecular complexity index is 384. The normalized spacial score (nSPS) is 13.6. The number of rotatable bonds is 3. The number of halogens is 3. The molecule has 17 heavy (non-hydrogen) atoms. The van der Waals surface area contributed by atoms with Crippen molar-refractivity contribution >= 4 is 5.69 Å². The van der Waals surface area contributed by atoms with Gasteiger partial charge < -0.3 is 10.6 Å². The number of hydrogen-bond donors (Lipinski definition) is 1. The summed E-state index contributed by atoms with van der Waals surface area (Å²) < 4.78 is 38.6. The van der Waals surface area contributed by atoms with Gasteiger partial charge in [0.05, 0.1) is 5.56 Å². The fraction of sp³-hybridized carbons (Fsp3) is 0.500. The average Bonchev–Trinajstić information content (AvgIpc) is 2.15. The predicted molar refractivity (Wildman–Crippen MR) is 63.1 cm³/mol. The van der Waals surface area contributed by atoms with Crippen LogP contribution in [0.4, 0.5) is 18.9 Å². The highest BCUT2D eigenvalue weighted by atomic mass is 19.4. The van der Waals surface area contributed by atoms with Crippen molar-refractivity contribution in [3.63, 3.8) is 0 Å². The molecule has 0 aliphatic rings. The lowest BCUT2D eigenvalue weighted by atomic mass is 10.00. The maximum Gasteiger partial charge on any atom is 0.416 e. The highest BCUT2D eigenvalue weighted by molar-refractivity contribution is 5.51. The second-order valence-electron chi connectivity index (χ2n) is 4.42. The summed E-state index contributed by atoms with van der Waals surface area (Å²) in [7, 11) is 3.42. The van der Waals surface area contributed by atoms with E-state index in [2.05, 4.69) is 0 Å². The fourth-order valence-corrected chi connectivity index (χ4v) is 1.63. The first kappa shape index (κ1) is 13.8. The second-order valence-corrected chi connectivity index (χ2v) is 4.42. The smallest absolute Gasteiger partial charge is 0.378 e. The lowest BCUT2D eigenvalue weighted by molar-refractivity contribution is -0.138. The monoisotopic (exact) mass is 246 g/mol. The van der Waals surface area contributed by atoms with Crippen LogP contribution in [0.1, 0.15) is 18.1 Å². The standard InChI is InChI=1S/C12H17F3N2/c1-8(16)6-9-4-5-10(17(2)3)7-11(9)12(13,14)15/h4-5,7-8H,6,16H2,1-3H3. The summed E-state index contributed by atoms with van der Waals surface area (Å²) in [6.45, 7) is 1.69. The summed E-state index contributed by atoms with van der Waals surface area (Å²) in [5.41, 5.74) is 5.74. The molecule has 1 unspecified atom stereocenters. The molecule has 0 saturated heterocycles. The molecule has 2 nitrogen and oxygen atoms in total. The van der Waals surface area contributed by atoms with Gasteiger partial charge in [0.15, 0.2) is 0 Å². The van der Waals surface area contributed by atoms with Crippen LogP contribution in [0.25, 0.3) is 0 Å². The van der Waals surface area contributed by atoms with Crippen LogP contribution >= 0.6 is 0 Å². The molecule has 0 amide bonds. The molecule has 1 atom stereocenters. The van der Waals surface area contributed by atoms with E-state index in [9.17, 15) is 13.2 Å². The van der Waals surface area contributed by atoms with Gasteiger partial charge >= 0.3 is 6.18 Å². The van der Waals surface area contributed by atoms with Gasteiger partial charge in [-0.3, -0.25) is 0 Å². The van der Waals surface area contributed by atoms with E-state index in [1.165, 1.54) is 6.07 Å². The first-order valence-electron chi connectivity index (χ1n) is 5.35. The Balaban J connectivity index is 3.22. The van der Waals surface area contributed by atoms with Crippen molar-refractivity contribution in [3.8, 4) is 0 Å².